The molecule has 360 valence electrons. The average Bonchev–Trinajstić information content (AvgIpc) is 4.15. The molecular formula is C50H55N9O8SSe. The van der Waals surface area contributed by atoms with Gasteiger partial charge in [-0.1, -0.05) is 6.42 Å². The third-order valence-corrected chi connectivity index (χ3v) is 16.2. The molecule has 2 fully saturated rings. The Hall–Kier alpha value is -6.08. The van der Waals surface area contributed by atoms with E-state index in [1.807, 2.05) is 112 Å². The van der Waals surface area contributed by atoms with Crippen molar-refractivity contribution in [2.75, 3.05) is 63.4 Å². The van der Waals surface area contributed by atoms with Gasteiger partial charge in [0, 0.05) is 36.9 Å². The summed E-state index contributed by atoms with van der Waals surface area (Å²) in [5.74, 6) is 0.509. The number of aromatic nitrogens is 4. The summed E-state index contributed by atoms with van der Waals surface area (Å²) in [6.07, 6.45) is 3.23. The Balaban J connectivity index is 0.685. The number of amides is 5. The van der Waals surface area contributed by atoms with Crippen molar-refractivity contribution >= 4 is 65.6 Å². The van der Waals surface area contributed by atoms with Crippen LogP contribution in [0.25, 0.3) is 43.5 Å². The summed E-state index contributed by atoms with van der Waals surface area (Å²) in [5.41, 5.74) is 6.18. The molecule has 5 heterocycles. The first kappa shape index (κ1) is 48.0. The van der Waals surface area contributed by atoms with E-state index < -0.39 is 0 Å². The molecule has 69 heavy (non-hydrogen) atoms. The molecule has 2 aromatic heterocycles. The maximum absolute atomic E-state index is 14.1. The SMILES string of the molecule is O=C(CCCCC1SC[C@@H]2NC(=O)N[C@H]12)NCCOCCOCCOCCNC(=O)CCC(=O)N1Cc2ccccc2-c2nnn(-c3ccc(-n4[se]c5ccccc5c4=O)cc3)c2-c2ccccc21. The summed E-state index contributed by atoms with van der Waals surface area (Å²) in [5, 5.41) is 22.2. The Morgan fingerprint density at radius 2 is 1.39 bits per heavy atom. The fourth-order valence-corrected chi connectivity index (χ4v) is 12.5. The number of anilines is 1. The molecule has 0 radical (unpaired) electrons. The van der Waals surface area contributed by atoms with Crippen LogP contribution in [-0.2, 0) is 35.1 Å². The fourth-order valence-electron chi connectivity index (χ4n) is 8.91. The second kappa shape index (κ2) is 23.0. The number of urea groups is 1. The number of benzene rings is 4. The van der Waals surface area contributed by atoms with E-state index in [2.05, 4.69) is 26.5 Å². The Labute approximate surface area is 409 Å². The molecule has 17 nitrogen and oxygen atoms in total. The first-order valence-electron chi connectivity index (χ1n) is 23.4. The molecule has 19 heteroatoms. The van der Waals surface area contributed by atoms with Gasteiger partial charge in [0.2, 0.25) is 11.8 Å². The number of thioether (sulfide) groups is 1. The zero-order chi connectivity index (χ0) is 47.5. The molecule has 9 rings (SSSR count). The Morgan fingerprint density at radius 3 is 2.16 bits per heavy atom. The second-order valence-electron chi connectivity index (χ2n) is 17.0. The van der Waals surface area contributed by atoms with Gasteiger partial charge in [0.15, 0.2) is 0 Å². The molecule has 4 N–H and O–H groups in total. The van der Waals surface area contributed by atoms with Crippen molar-refractivity contribution in [3.05, 3.63) is 113 Å². The number of ether oxygens (including phenoxy) is 3. The van der Waals surface area contributed by atoms with Crippen LogP contribution in [0.5, 0.6) is 0 Å². The van der Waals surface area contributed by atoms with Gasteiger partial charge in [-0.2, -0.15) is 11.8 Å². The third kappa shape index (κ3) is 11.5. The van der Waals surface area contributed by atoms with Crippen molar-refractivity contribution in [3.63, 3.8) is 0 Å². The van der Waals surface area contributed by atoms with E-state index in [1.54, 1.807) is 9.58 Å². The van der Waals surface area contributed by atoms with Crippen molar-refractivity contribution in [2.45, 2.75) is 62.4 Å². The topological polar surface area (TPSA) is 200 Å². The van der Waals surface area contributed by atoms with Gasteiger partial charge in [0.25, 0.3) is 0 Å². The summed E-state index contributed by atoms with van der Waals surface area (Å²) in [7, 11) is 0. The first-order chi connectivity index (χ1) is 33.8. The quantitative estimate of drug-likeness (QED) is 0.0421. The summed E-state index contributed by atoms with van der Waals surface area (Å²) < 4.78 is 21.4. The third-order valence-electron chi connectivity index (χ3n) is 12.4. The minimum atomic E-state index is -0.248. The van der Waals surface area contributed by atoms with Gasteiger partial charge in [-0.15, -0.1) is 0 Å². The number of fused-ring (bicyclic) bond motifs is 7. The molecule has 3 atom stereocenters. The monoisotopic (exact) mass is 1020 g/mol. The molecule has 6 aromatic rings. The van der Waals surface area contributed by atoms with Crippen LogP contribution in [0.4, 0.5) is 10.5 Å². The average molecular weight is 1020 g/mol. The van der Waals surface area contributed by atoms with Crippen LogP contribution in [-0.4, -0.2) is 133 Å². The zero-order valence-corrected chi connectivity index (χ0v) is 40.6. The van der Waals surface area contributed by atoms with Crippen molar-refractivity contribution in [1.29, 1.82) is 0 Å². The summed E-state index contributed by atoms with van der Waals surface area (Å²) in [6, 6.07) is 31.3. The van der Waals surface area contributed by atoms with Gasteiger partial charge in [0.1, 0.15) is 0 Å². The number of carbonyl (C=O) groups excluding carboxylic acids is 4. The van der Waals surface area contributed by atoms with Gasteiger partial charge < -0.3 is 35.5 Å². The molecule has 3 aliphatic rings. The second-order valence-corrected chi connectivity index (χ2v) is 20.3. The van der Waals surface area contributed by atoms with E-state index in [0.717, 1.165) is 68.4 Å². The van der Waals surface area contributed by atoms with Crippen molar-refractivity contribution in [1.82, 2.24) is 39.8 Å². The van der Waals surface area contributed by atoms with Gasteiger partial charge in [-0.3, -0.25) is 9.59 Å². The molecule has 0 aliphatic carbocycles. The van der Waals surface area contributed by atoms with Crippen LogP contribution in [0.1, 0.15) is 44.1 Å². The van der Waals surface area contributed by atoms with Gasteiger partial charge in [0.05, 0.1) is 51.7 Å². The van der Waals surface area contributed by atoms with Gasteiger partial charge in [-0.05, 0) is 12.8 Å². The van der Waals surface area contributed by atoms with Crippen LogP contribution in [0.2, 0.25) is 0 Å². The van der Waals surface area contributed by atoms with Crippen molar-refractivity contribution in [3.8, 4) is 33.9 Å². The van der Waals surface area contributed by atoms with Crippen molar-refractivity contribution < 1.29 is 33.4 Å². The number of nitrogens with zero attached hydrogens (tertiary/aromatic N) is 5. The molecular weight excluding hydrogens is 966 g/mol. The van der Waals surface area contributed by atoms with E-state index in [4.69, 9.17) is 19.3 Å². The van der Waals surface area contributed by atoms with Crippen LogP contribution < -0.4 is 31.7 Å². The maximum atomic E-state index is 14.1. The molecule has 0 saturated carbocycles. The zero-order valence-electron chi connectivity index (χ0n) is 38.1. The normalized spacial score (nSPS) is 17.0. The number of unbranched alkanes of at least 4 members (excludes halogenated alkanes) is 1. The number of carbonyl (C=O) groups is 4. The molecule has 0 spiro atoms. The van der Waals surface area contributed by atoms with E-state index in [1.165, 1.54) is 0 Å². The Bertz CT molecular complexity index is 2830. The number of hydrogen-bond donors (Lipinski definition) is 4. The van der Waals surface area contributed by atoms with E-state index in [-0.39, 0.29) is 75.5 Å². The van der Waals surface area contributed by atoms with Crippen LogP contribution in [0.15, 0.2) is 102 Å². The first-order valence-corrected chi connectivity index (χ1v) is 26.1. The van der Waals surface area contributed by atoms with E-state index in [0.29, 0.717) is 75.8 Å². The fraction of sp³-hybridized carbons (Fsp3) is 0.380. The Kier molecular flexibility index (Phi) is 16.0. The van der Waals surface area contributed by atoms with E-state index in [9.17, 15) is 24.0 Å². The van der Waals surface area contributed by atoms with Crippen molar-refractivity contribution in [2.24, 2.45) is 0 Å². The summed E-state index contributed by atoms with van der Waals surface area (Å²) in [4.78, 5) is 65.8. The van der Waals surface area contributed by atoms with Gasteiger partial charge >= 0.3 is 230 Å². The predicted molar refractivity (Wildman–Crippen MR) is 265 cm³/mol. The molecule has 4 aromatic carbocycles. The molecule has 3 aliphatic heterocycles. The van der Waals surface area contributed by atoms with E-state index >= 15 is 0 Å². The molecule has 1 unspecified atom stereocenters. The number of nitrogens with one attached hydrogen (secondary N) is 4. The van der Waals surface area contributed by atoms with Gasteiger partial charge in [-0.25, -0.2) is 4.79 Å². The Morgan fingerprint density at radius 1 is 0.725 bits per heavy atom. The van der Waals surface area contributed by atoms with Crippen LogP contribution in [0.3, 0.4) is 0 Å². The number of hydrogen-bond acceptors (Lipinski definition) is 11. The predicted octanol–water partition coefficient (Wildman–Crippen LogP) is 4.60. The van der Waals surface area contributed by atoms with Crippen LogP contribution >= 0.6 is 11.8 Å². The molecule has 2 saturated heterocycles. The summed E-state index contributed by atoms with van der Waals surface area (Å²) in [6.45, 7) is 3.21. The summed E-state index contributed by atoms with van der Waals surface area (Å²) >= 11 is 1.72. The minimum absolute atomic E-state index is 0.000369. The number of para-hydroxylation sites is 1. The van der Waals surface area contributed by atoms with Crippen LogP contribution in [0, 0.1) is 0 Å². The molecule has 0 bridgehead atoms. The molecule has 5 amide bonds. The standard InChI is InChI=1S/C50H55N9O8SSe/c60-43(16-8-6-14-41-47-39(32-68-41)53-50(64)54-47)51-23-25-65-27-29-67-30-28-66-26-24-52-44(61)21-22-45(62)57-31-33-9-1-2-10-36(33)46-48(37-11-3-5-13-40(37)57)58(56-55-46)34-17-19-35(20-18-34)59-49(63)38-12-4-7-15-42(38)69-59/h1-5,7,9-13,15,17-20,39,41,47H,6,8,14,16,21-32H2,(H,51,60)(H,52,61)(H2,53,54,64)/t39-,41?,47-/m0/s1. The number of rotatable bonds is 22.